The molecule has 5 rings (SSSR count). The molecule has 0 radical (unpaired) electrons. The monoisotopic (exact) mass is 384 g/mol. The molecule has 5 nitrogen and oxygen atoms in total. The minimum atomic E-state index is 0.752. The van der Waals surface area contributed by atoms with Crippen LogP contribution < -0.4 is 4.80 Å². The molecule has 5 aromatic rings. The first-order valence-electron chi connectivity index (χ1n) is 8.83. The van der Waals surface area contributed by atoms with Gasteiger partial charge in [-0.1, -0.05) is 36.4 Å². The van der Waals surface area contributed by atoms with E-state index in [1.54, 1.807) is 6.26 Å². The van der Waals surface area contributed by atoms with Gasteiger partial charge in [-0.05, 0) is 30.3 Å². The fourth-order valence-electron chi connectivity index (χ4n) is 3.02. The van der Waals surface area contributed by atoms with Crippen molar-refractivity contribution in [2.45, 2.75) is 0 Å². The van der Waals surface area contributed by atoms with Crippen molar-refractivity contribution in [3.05, 3.63) is 94.9 Å². The Labute approximate surface area is 164 Å². The first-order valence-corrected chi connectivity index (χ1v) is 9.71. The second kappa shape index (κ2) is 7.17. The summed E-state index contributed by atoms with van der Waals surface area (Å²) in [6, 6.07) is 21.8. The average Bonchev–Trinajstić information content (AvgIpc) is 3.47. The van der Waals surface area contributed by atoms with Gasteiger partial charge in [0.05, 0.1) is 18.2 Å². The molecule has 0 unspecified atom stereocenters. The lowest BCUT2D eigenvalue weighted by Crippen LogP contribution is -2.11. The van der Waals surface area contributed by atoms with Gasteiger partial charge in [-0.3, -0.25) is 0 Å². The first kappa shape index (κ1) is 16.5. The highest BCUT2D eigenvalue weighted by atomic mass is 32.1. The lowest BCUT2D eigenvalue weighted by Gasteiger charge is -2.00. The van der Waals surface area contributed by atoms with Gasteiger partial charge in [-0.25, -0.2) is 9.67 Å². The maximum absolute atomic E-state index is 5.60. The van der Waals surface area contributed by atoms with Crippen molar-refractivity contribution < 1.29 is 4.42 Å². The van der Waals surface area contributed by atoms with E-state index in [4.69, 9.17) is 14.5 Å². The number of benzene rings is 2. The number of thiazole rings is 1. The quantitative estimate of drug-likeness (QED) is 0.414. The van der Waals surface area contributed by atoms with Crippen LogP contribution in [0.3, 0.4) is 0 Å². The molecule has 0 bridgehead atoms. The molecule has 0 atom stereocenters. The summed E-state index contributed by atoms with van der Waals surface area (Å²) < 4.78 is 7.41. The molecular weight excluding hydrogens is 368 g/mol. The summed E-state index contributed by atoms with van der Waals surface area (Å²) in [6.45, 7) is 0. The van der Waals surface area contributed by atoms with Crippen LogP contribution in [0.5, 0.6) is 0 Å². The van der Waals surface area contributed by atoms with Gasteiger partial charge >= 0.3 is 0 Å². The molecule has 28 heavy (non-hydrogen) atoms. The number of H-pyrrole nitrogens is 1. The van der Waals surface area contributed by atoms with Gasteiger partial charge in [-0.15, -0.1) is 11.3 Å². The third-order valence-corrected chi connectivity index (χ3v) is 5.19. The summed E-state index contributed by atoms with van der Waals surface area (Å²) in [4.78, 5) is 8.80. The highest BCUT2D eigenvalue weighted by molar-refractivity contribution is 7.07. The van der Waals surface area contributed by atoms with E-state index in [2.05, 4.69) is 17.1 Å². The van der Waals surface area contributed by atoms with Crippen molar-refractivity contribution in [3.63, 3.8) is 0 Å². The lowest BCUT2D eigenvalue weighted by molar-refractivity contribution is 0.575. The molecule has 0 aliphatic heterocycles. The molecule has 0 aliphatic rings. The van der Waals surface area contributed by atoms with Gasteiger partial charge in [0.1, 0.15) is 5.69 Å². The normalized spacial score (nSPS) is 12.4. The summed E-state index contributed by atoms with van der Waals surface area (Å²) in [5.74, 6) is 0.752. The van der Waals surface area contributed by atoms with Crippen LogP contribution >= 0.6 is 11.3 Å². The number of aromatic nitrogens is 2. The molecule has 6 heteroatoms. The molecule has 0 saturated carbocycles. The number of rotatable bonds is 4. The van der Waals surface area contributed by atoms with Gasteiger partial charge in [0.15, 0.2) is 5.76 Å². The largest absolute Gasteiger partial charge is 0.463 e. The molecule has 0 spiro atoms. The van der Waals surface area contributed by atoms with Gasteiger partial charge in [0.2, 0.25) is 4.80 Å². The topological polar surface area (TPSA) is 58.6 Å². The zero-order chi connectivity index (χ0) is 18.8. The number of fused-ring (bicyclic) bond motifs is 1. The van der Waals surface area contributed by atoms with E-state index in [1.165, 1.54) is 11.3 Å². The van der Waals surface area contributed by atoms with Crippen LogP contribution in [0.1, 0.15) is 5.56 Å². The van der Waals surface area contributed by atoms with Crippen molar-refractivity contribution in [2.75, 3.05) is 0 Å². The Morgan fingerprint density at radius 3 is 2.68 bits per heavy atom. The zero-order valence-electron chi connectivity index (χ0n) is 14.8. The van der Waals surface area contributed by atoms with E-state index in [0.717, 1.165) is 38.4 Å². The van der Waals surface area contributed by atoms with Gasteiger partial charge in [-0.2, -0.15) is 5.10 Å². The van der Waals surface area contributed by atoms with Crippen LogP contribution in [0.25, 0.3) is 22.4 Å². The number of furan rings is 1. The minimum Gasteiger partial charge on any atom is -0.463 e. The minimum absolute atomic E-state index is 0.752. The summed E-state index contributed by atoms with van der Waals surface area (Å²) in [5.41, 5.74) is 3.84. The van der Waals surface area contributed by atoms with Crippen molar-refractivity contribution in [1.82, 2.24) is 9.66 Å². The predicted octanol–water partition coefficient (Wildman–Crippen LogP) is 5.41. The third-order valence-electron chi connectivity index (χ3n) is 4.37. The Morgan fingerprint density at radius 2 is 1.82 bits per heavy atom. The van der Waals surface area contributed by atoms with E-state index >= 15 is 0 Å². The maximum atomic E-state index is 5.60. The molecule has 0 fully saturated rings. The van der Waals surface area contributed by atoms with Crippen molar-refractivity contribution in [2.24, 2.45) is 10.1 Å². The molecule has 3 aromatic heterocycles. The number of aromatic amines is 1. The number of hydrogen-bond donors (Lipinski definition) is 1. The van der Waals surface area contributed by atoms with Crippen LogP contribution in [-0.4, -0.2) is 15.9 Å². The third kappa shape index (κ3) is 3.10. The van der Waals surface area contributed by atoms with Crippen LogP contribution in [0.15, 0.2) is 99.1 Å². The van der Waals surface area contributed by atoms with Crippen molar-refractivity contribution >= 4 is 34.1 Å². The average molecular weight is 384 g/mol. The number of nitrogens with one attached hydrogen (secondary N) is 1. The molecule has 2 aromatic carbocycles. The van der Waals surface area contributed by atoms with Gasteiger partial charge in [0.25, 0.3) is 0 Å². The molecule has 1 N–H and O–H groups in total. The smallest absolute Gasteiger partial charge is 0.211 e. The van der Waals surface area contributed by atoms with E-state index in [1.807, 2.05) is 77.1 Å². The predicted molar refractivity (Wildman–Crippen MR) is 113 cm³/mol. The van der Waals surface area contributed by atoms with E-state index in [0.29, 0.717) is 0 Å². The Hall–Kier alpha value is -3.64. The summed E-state index contributed by atoms with van der Waals surface area (Å²) in [6.07, 6.45) is 5.47. The molecular formula is C22H16N4OS. The lowest BCUT2D eigenvalue weighted by atomic mass is 10.2. The van der Waals surface area contributed by atoms with Crippen molar-refractivity contribution in [3.8, 4) is 11.5 Å². The Morgan fingerprint density at radius 1 is 0.964 bits per heavy atom. The standard InChI is InChI=1S/C22H16N4OS/c1-2-7-17(8-3-1)25-22-26(20(15-28-22)21-11-6-12-27-21)24-14-16-13-23-19-10-5-4-9-18(16)19/h1-15,23H. The van der Waals surface area contributed by atoms with E-state index in [-0.39, 0.29) is 0 Å². The molecule has 3 heterocycles. The Kier molecular flexibility index (Phi) is 4.23. The highest BCUT2D eigenvalue weighted by Gasteiger charge is 2.10. The Balaban J connectivity index is 1.64. The van der Waals surface area contributed by atoms with Crippen LogP contribution in [-0.2, 0) is 0 Å². The molecule has 136 valence electrons. The number of hydrogen-bond acceptors (Lipinski definition) is 4. The number of para-hydroxylation sites is 2. The summed E-state index contributed by atoms with van der Waals surface area (Å²) >= 11 is 1.52. The molecule has 0 aliphatic carbocycles. The SMILES string of the molecule is C(=Nn1c(-c2ccco2)csc1=Nc1ccccc1)c1c[nH]c2ccccc12. The summed E-state index contributed by atoms with van der Waals surface area (Å²) in [5, 5.41) is 7.87. The molecule has 0 amide bonds. The van der Waals surface area contributed by atoms with Crippen LogP contribution in [0.4, 0.5) is 5.69 Å². The van der Waals surface area contributed by atoms with Gasteiger partial charge in [0, 0.05) is 28.0 Å². The van der Waals surface area contributed by atoms with Crippen molar-refractivity contribution in [1.29, 1.82) is 0 Å². The van der Waals surface area contributed by atoms with E-state index < -0.39 is 0 Å². The van der Waals surface area contributed by atoms with E-state index in [9.17, 15) is 0 Å². The van der Waals surface area contributed by atoms with Crippen LogP contribution in [0, 0.1) is 0 Å². The van der Waals surface area contributed by atoms with Gasteiger partial charge < -0.3 is 9.40 Å². The Bertz CT molecular complexity index is 1310. The fraction of sp³-hybridized carbons (Fsp3) is 0. The van der Waals surface area contributed by atoms with Crippen LogP contribution in [0.2, 0.25) is 0 Å². The first-order chi connectivity index (χ1) is 13.9. The number of nitrogens with zero attached hydrogens (tertiary/aromatic N) is 3. The second-order valence-corrected chi connectivity index (χ2v) is 7.01. The zero-order valence-corrected chi connectivity index (χ0v) is 15.6. The second-order valence-electron chi connectivity index (χ2n) is 6.17. The summed E-state index contributed by atoms with van der Waals surface area (Å²) in [7, 11) is 0. The highest BCUT2D eigenvalue weighted by Crippen LogP contribution is 2.22. The maximum Gasteiger partial charge on any atom is 0.211 e. The fourth-order valence-corrected chi connectivity index (χ4v) is 3.85. The molecule has 0 saturated heterocycles.